The summed E-state index contributed by atoms with van der Waals surface area (Å²) in [6.45, 7) is 11.4. The van der Waals surface area contributed by atoms with Gasteiger partial charge in [-0.05, 0) is 37.0 Å². The Kier molecular flexibility index (Phi) is 9.69. The van der Waals surface area contributed by atoms with Crippen LogP contribution < -0.4 is 10.1 Å². The third kappa shape index (κ3) is 6.47. The topological polar surface area (TPSA) is 33.9 Å². The molecule has 0 saturated heterocycles. The smallest absolute Gasteiger partial charge is 0.186 e. The number of hydrogen-bond acceptors (Lipinski definition) is 3. The first-order valence-electron chi connectivity index (χ1n) is 11.8. The first-order valence-corrected chi connectivity index (χ1v) is 13.6. The minimum absolute atomic E-state index is 0.699. The van der Waals surface area contributed by atoms with Crippen LogP contribution in [-0.4, -0.2) is 17.0 Å². The summed E-state index contributed by atoms with van der Waals surface area (Å²) < 4.78 is 3.78. The normalized spacial score (nSPS) is 12.5. The Morgan fingerprint density at radius 3 is 2.32 bits per heavy atom. The van der Waals surface area contributed by atoms with Crippen LogP contribution in [0.4, 0.5) is 5.69 Å². The predicted molar refractivity (Wildman–Crippen MR) is 137 cm³/mol. The summed E-state index contributed by atoms with van der Waals surface area (Å²) in [5.74, 6) is 2.24. The molecule has 3 aromatic rings. The van der Waals surface area contributed by atoms with Crippen LogP contribution in [-0.2, 0) is 6.54 Å². The van der Waals surface area contributed by atoms with Gasteiger partial charge in [0.25, 0.3) is 0 Å². The number of rotatable bonds is 12. The van der Waals surface area contributed by atoms with Crippen molar-refractivity contribution in [2.75, 3.05) is 12.4 Å². The maximum Gasteiger partial charge on any atom is 0.186 e. The fourth-order valence-electron chi connectivity index (χ4n) is 3.98. The van der Waals surface area contributed by atoms with E-state index in [-0.39, 0.29) is 0 Å². The second kappa shape index (κ2) is 12.5. The number of aromatic nitrogens is 1. The minimum Gasteiger partial charge on any atom is -0.316 e. The summed E-state index contributed by atoms with van der Waals surface area (Å²) in [5.41, 5.74) is 2.68. The van der Waals surface area contributed by atoms with Crippen LogP contribution in [0.2, 0.25) is 0 Å². The van der Waals surface area contributed by atoms with Gasteiger partial charge < -0.3 is 9.88 Å². The molecule has 0 saturated carbocycles. The van der Waals surface area contributed by atoms with E-state index in [1.165, 1.54) is 46.5 Å². The van der Waals surface area contributed by atoms with Crippen LogP contribution in [0.25, 0.3) is 10.2 Å². The quantitative estimate of drug-likeness (QED) is 0.248. The first-order chi connectivity index (χ1) is 15.2. The molecule has 0 amide bonds. The summed E-state index contributed by atoms with van der Waals surface area (Å²) in [5, 5.41) is 2.42. The summed E-state index contributed by atoms with van der Waals surface area (Å²) in [6, 6.07) is 17.5. The first kappa shape index (κ1) is 24.1. The Bertz CT molecular complexity index is 997. The Hall–Kier alpha value is -1.56. The van der Waals surface area contributed by atoms with E-state index in [9.17, 15) is 0 Å². The van der Waals surface area contributed by atoms with Crippen molar-refractivity contribution in [2.24, 2.45) is 16.8 Å². The van der Waals surface area contributed by atoms with Crippen LogP contribution in [0, 0.1) is 11.8 Å². The van der Waals surface area contributed by atoms with Gasteiger partial charge in [-0.1, -0.05) is 87.9 Å². The lowest BCUT2D eigenvalue weighted by Crippen LogP contribution is -2.79. The van der Waals surface area contributed by atoms with E-state index in [1.54, 1.807) is 0 Å². The van der Waals surface area contributed by atoms with Gasteiger partial charge in [0, 0.05) is 18.5 Å². The molecule has 0 aliphatic rings. The minimum atomic E-state index is 0.699. The molecule has 0 bridgehead atoms. The van der Waals surface area contributed by atoms with Gasteiger partial charge in [-0.2, -0.15) is 0 Å². The lowest BCUT2D eigenvalue weighted by atomic mass is 10.0. The monoisotopic (exact) mass is 456 g/mol. The second-order valence-corrected chi connectivity index (χ2v) is 10.2. The molecule has 3 nitrogen and oxygen atoms in total. The molecule has 31 heavy (non-hydrogen) atoms. The van der Waals surface area contributed by atoms with Crippen LogP contribution >= 0.6 is 23.1 Å². The highest BCUT2D eigenvalue weighted by Crippen LogP contribution is 2.24. The van der Waals surface area contributed by atoms with E-state index in [2.05, 4.69) is 86.1 Å². The largest absolute Gasteiger partial charge is 0.316 e. The van der Waals surface area contributed by atoms with E-state index in [0.29, 0.717) is 5.92 Å². The van der Waals surface area contributed by atoms with Crippen molar-refractivity contribution in [3.63, 3.8) is 0 Å². The SMILES string of the molecule is CCC(CC)C[NH2+]c1ccccc1SC/N=c1\sc2ccccc2n1CC(CC)CC. The highest BCUT2D eigenvalue weighted by Gasteiger charge is 2.12. The fraction of sp³-hybridized carbons (Fsp3) is 0.500. The number of hydrogen-bond donors (Lipinski definition) is 1. The molecule has 0 aliphatic heterocycles. The Balaban J connectivity index is 1.78. The van der Waals surface area contributed by atoms with Crippen molar-refractivity contribution in [3.8, 4) is 0 Å². The van der Waals surface area contributed by atoms with Crippen molar-refractivity contribution >= 4 is 39.0 Å². The van der Waals surface area contributed by atoms with Crippen molar-refractivity contribution in [3.05, 3.63) is 53.3 Å². The van der Waals surface area contributed by atoms with Crippen molar-refractivity contribution in [2.45, 2.75) is 64.8 Å². The maximum atomic E-state index is 5.06. The highest BCUT2D eigenvalue weighted by molar-refractivity contribution is 7.99. The molecule has 2 aromatic carbocycles. The average molecular weight is 457 g/mol. The molecule has 5 heteroatoms. The lowest BCUT2D eigenvalue weighted by molar-refractivity contribution is -0.580. The molecule has 0 atom stereocenters. The third-order valence-corrected chi connectivity index (χ3v) is 8.39. The molecule has 1 heterocycles. The fourth-order valence-corrected chi connectivity index (χ4v) is 5.91. The number of thiazole rings is 1. The predicted octanol–water partition coefficient (Wildman–Crippen LogP) is 6.42. The van der Waals surface area contributed by atoms with Crippen molar-refractivity contribution in [1.82, 2.24) is 4.57 Å². The maximum absolute atomic E-state index is 5.06. The third-order valence-electron chi connectivity index (χ3n) is 6.35. The van der Waals surface area contributed by atoms with Crippen LogP contribution in [0.3, 0.4) is 0 Å². The second-order valence-electron chi connectivity index (χ2n) is 8.24. The molecular weight excluding hydrogens is 418 g/mol. The van der Waals surface area contributed by atoms with E-state index in [4.69, 9.17) is 4.99 Å². The number of para-hydroxylation sites is 2. The van der Waals surface area contributed by atoms with Gasteiger partial charge in [-0.3, -0.25) is 0 Å². The molecule has 0 unspecified atom stereocenters. The zero-order valence-electron chi connectivity index (χ0n) is 19.5. The zero-order chi connectivity index (χ0) is 22.1. The number of nitrogens with zero attached hydrogens (tertiary/aromatic N) is 2. The average Bonchev–Trinajstić information content (AvgIpc) is 3.16. The Morgan fingerprint density at radius 1 is 0.903 bits per heavy atom. The van der Waals surface area contributed by atoms with E-state index in [0.717, 1.165) is 29.7 Å². The highest BCUT2D eigenvalue weighted by atomic mass is 32.2. The molecule has 3 rings (SSSR count). The van der Waals surface area contributed by atoms with Gasteiger partial charge >= 0.3 is 0 Å². The Labute approximate surface area is 196 Å². The van der Waals surface area contributed by atoms with Gasteiger partial charge in [-0.25, -0.2) is 4.99 Å². The van der Waals surface area contributed by atoms with E-state index < -0.39 is 0 Å². The standard InChI is InChI=1S/C26H37N3S2/c1-5-20(6-2)17-27-22-13-9-11-15-24(22)30-19-28-26-29(18-21(7-3)8-4)23-14-10-12-16-25(23)31-26/h9-16,20-21,27H,5-8,17-19H2,1-4H3/p+1/b28-26-. The zero-order valence-corrected chi connectivity index (χ0v) is 21.1. The van der Waals surface area contributed by atoms with Gasteiger partial charge in [-0.15, -0.1) is 0 Å². The number of fused-ring (bicyclic) bond motifs is 1. The van der Waals surface area contributed by atoms with Crippen molar-refractivity contribution < 1.29 is 5.32 Å². The van der Waals surface area contributed by atoms with Crippen LogP contribution in [0.5, 0.6) is 0 Å². The van der Waals surface area contributed by atoms with Gasteiger partial charge in [0.1, 0.15) is 5.69 Å². The van der Waals surface area contributed by atoms with Gasteiger partial charge in [0.15, 0.2) is 4.80 Å². The van der Waals surface area contributed by atoms with Gasteiger partial charge in [0.05, 0.1) is 27.5 Å². The lowest BCUT2D eigenvalue weighted by Gasteiger charge is -2.14. The summed E-state index contributed by atoms with van der Waals surface area (Å²) in [6.07, 6.45) is 4.92. The number of nitrogens with two attached hydrogens (primary N) is 1. The molecule has 0 aliphatic carbocycles. The van der Waals surface area contributed by atoms with E-state index >= 15 is 0 Å². The number of thioether (sulfide) groups is 1. The summed E-state index contributed by atoms with van der Waals surface area (Å²) >= 11 is 3.67. The van der Waals surface area contributed by atoms with Gasteiger partial charge in [0.2, 0.25) is 0 Å². The van der Waals surface area contributed by atoms with Crippen LogP contribution in [0.1, 0.15) is 53.4 Å². The molecule has 0 fully saturated rings. The molecule has 0 radical (unpaired) electrons. The molecular formula is C26H38N3S2+. The molecule has 2 N–H and O–H groups in total. The number of benzene rings is 2. The van der Waals surface area contributed by atoms with Crippen molar-refractivity contribution in [1.29, 1.82) is 0 Å². The van der Waals surface area contributed by atoms with Crippen LogP contribution in [0.15, 0.2) is 58.4 Å². The number of quaternary nitrogens is 1. The summed E-state index contributed by atoms with van der Waals surface area (Å²) in [7, 11) is 0. The molecule has 168 valence electrons. The Morgan fingerprint density at radius 2 is 1.58 bits per heavy atom. The van der Waals surface area contributed by atoms with E-state index in [1.807, 2.05) is 23.1 Å². The molecule has 0 spiro atoms. The molecule has 1 aromatic heterocycles. The summed E-state index contributed by atoms with van der Waals surface area (Å²) in [4.78, 5) is 7.55.